The number of benzene rings is 2. The molecule has 1 unspecified atom stereocenters. The van der Waals surface area contributed by atoms with E-state index in [1.165, 1.54) is 17.0 Å². The van der Waals surface area contributed by atoms with E-state index >= 15 is 0 Å². The van der Waals surface area contributed by atoms with Crippen LogP contribution in [0.25, 0.3) is 0 Å². The first kappa shape index (κ1) is 25.4. The standard InChI is InChI=1S/C26H23F3N4O2S/c1-16-9-10-21(17(2)12-16)32-25-33(15-20-7-3-4-11-30-20)24(35)22(36-25)14-23(34)31-19-8-5-6-18(13-19)26(27,28)29/h3-13,22H,14-15H2,1-2H3,(H,31,34). The minimum atomic E-state index is -4.52. The van der Waals surface area contributed by atoms with Crippen molar-refractivity contribution in [3.8, 4) is 0 Å². The summed E-state index contributed by atoms with van der Waals surface area (Å²) in [4.78, 5) is 36.4. The van der Waals surface area contributed by atoms with Gasteiger partial charge in [0.25, 0.3) is 0 Å². The second kappa shape index (κ2) is 10.5. The van der Waals surface area contributed by atoms with Gasteiger partial charge >= 0.3 is 6.18 Å². The molecule has 1 atom stereocenters. The molecule has 0 bridgehead atoms. The van der Waals surface area contributed by atoms with Crippen LogP contribution in [0.3, 0.4) is 0 Å². The van der Waals surface area contributed by atoms with Crippen LogP contribution < -0.4 is 5.32 Å². The third kappa shape index (κ3) is 6.12. The maximum Gasteiger partial charge on any atom is 0.416 e. The summed E-state index contributed by atoms with van der Waals surface area (Å²) >= 11 is 1.16. The van der Waals surface area contributed by atoms with Crippen LogP contribution in [0.2, 0.25) is 0 Å². The van der Waals surface area contributed by atoms with Crippen molar-refractivity contribution in [2.24, 2.45) is 4.99 Å². The molecule has 1 aliphatic rings. The summed E-state index contributed by atoms with van der Waals surface area (Å²) in [5, 5.41) is 2.14. The fourth-order valence-corrected chi connectivity index (χ4v) is 4.86. The van der Waals surface area contributed by atoms with E-state index in [9.17, 15) is 22.8 Å². The lowest BCUT2D eigenvalue weighted by Crippen LogP contribution is -2.33. The molecular weight excluding hydrogens is 489 g/mol. The first-order chi connectivity index (χ1) is 17.1. The first-order valence-corrected chi connectivity index (χ1v) is 12.0. The number of amidine groups is 1. The fourth-order valence-electron chi connectivity index (χ4n) is 3.71. The highest BCUT2D eigenvalue weighted by atomic mass is 32.2. The summed E-state index contributed by atoms with van der Waals surface area (Å²) in [6.45, 7) is 4.09. The van der Waals surface area contributed by atoms with Crippen molar-refractivity contribution in [2.75, 3.05) is 5.32 Å². The van der Waals surface area contributed by atoms with E-state index < -0.39 is 22.9 Å². The van der Waals surface area contributed by atoms with E-state index in [1.54, 1.807) is 18.3 Å². The molecule has 1 aromatic heterocycles. The number of pyridine rings is 1. The molecule has 186 valence electrons. The summed E-state index contributed by atoms with van der Waals surface area (Å²) in [6, 6.07) is 15.6. The number of aromatic nitrogens is 1. The Morgan fingerprint density at radius 3 is 2.61 bits per heavy atom. The Labute approximate surface area is 210 Å². The van der Waals surface area contributed by atoms with Gasteiger partial charge in [-0.15, -0.1) is 0 Å². The van der Waals surface area contributed by atoms with Crippen molar-refractivity contribution in [1.82, 2.24) is 9.88 Å². The molecule has 4 rings (SSSR count). The van der Waals surface area contributed by atoms with Crippen molar-refractivity contribution in [3.05, 3.63) is 89.2 Å². The Bertz CT molecular complexity index is 1310. The molecule has 2 aromatic carbocycles. The van der Waals surface area contributed by atoms with Crippen molar-refractivity contribution in [2.45, 2.75) is 38.2 Å². The number of amides is 2. The predicted molar refractivity (Wildman–Crippen MR) is 134 cm³/mol. The molecule has 6 nitrogen and oxygen atoms in total. The molecule has 36 heavy (non-hydrogen) atoms. The molecule has 0 radical (unpaired) electrons. The minimum Gasteiger partial charge on any atom is -0.326 e. The van der Waals surface area contributed by atoms with Gasteiger partial charge < -0.3 is 5.32 Å². The van der Waals surface area contributed by atoms with Gasteiger partial charge in [0.15, 0.2) is 5.17 Å². The molecule has 0 saturated carbocycles. The molecule has 1 aliphatic heterocycles. The number of thioether (sulfide) groups is 1. The summed E-state index contributed by atoms with van der Waals surface area (Å²) < 4.78 is 39.0. The summed E-state index contributed by atoms with van der Waals surface area (Å²) in [6.07, 6.45) is -3.11. The molecule has 2 amide bonds. The number of carbonyl (C=O) groups is 2. The zero-order valence-corrected chi connectivity index (χ0v) is 20.4. The Kier molecular flexibility index (Phi) is 7.44. The Morgan fingerprint density at radius 1 is 1.11 bits per heavy atom. The normalized spacial score (nSPS) is 17.0. The number of nitrogens with zero attached hydrogens (tertiary/aromatic N) is 3. The smallest absolute Gasteiger partial charge is 0.326 e. The Balaban J connectivity index is 1.55. The van der Waals surface area contributed by atoms with Crippen molar-refractivity contribution in [3.63, 3.8) is 0 Å². The summed E-state index contributed by atoms with van der Waals surface area (Å²) in [5.74, 6) is -0.876. The number of nitrogens with one attached hydrogen (secondary N) is 1. The number of alkyl halides is 3. The maximum atomic E-state index is 13.3. The average molecular weight is 513 g/mol. The number of rotatable bonds is 6. The molecule has 10 heteroatoms. The van der Waals surface area contributed by atoms with Crippen LogP contribution in [-0.2, 0) is 22.3 Å². The molecule has 3 aromatic rings. The molecule has 1 saturated heterocycles. The van der Waals surface area contributed by atoms with E-state index in [0.29, 0.717) is 16.5 Å². The highest BCUT2D eigenvalue weighted by molar-refractivity contribution is 8.15. The number of aliphatic imine (C=N–C) groups is 1. The number of aryl methyl sites for hydroxylation is 2. The average Bonchev–Trinajstić information content (AvgIpc) is 3.10. The van der Waals surface area contributed by atoms with Crippen molar-refractivity contribution in [1.29, 1.82) is 0 Å². The van der Waals surface area contributed by atoms with Gasteiger partial charge in [0, 0.05) is 18.3 Å². The second-order valence-electron chi connectivity index (χ2n) is 8.37. The third-order valence-corrected chi connectivity index (χ3v) is 6.65. The molecule has 0 spiro atoms. The predicted octanol–water partition coefficient (Wildman–Crippen LogP) is 5.88. The molecule has 2 heterocycles. The van der Waals surface area contributed by atoms with Crippen LogP contribution in [0.15, 0.2) is 71.9 Å². The number of anilines is 1. The van der Waals surface area contributed by atoms with E-state index in [-0.39, 0.29) is 24.6 Å². The number of carbonyl (C=O) groups excluding carboxylic acids is 2. The zero-order chi connectivity index (χ0) is 25.9. The highest BCUT2D eigenvalue weighted by Crippen LogP contribution is 2.34. The quantitative estimate of drug-likeness (QED) is 0.448. The third-order valence-electron chi connectivity index (χ3n) is 5.48. The Morgan fingerprint density at radius 2 is 1.92 bits per heavy atom. The van der Waals surface area contributed by atoms with E-state index in [0.717, 1.165) is 35.0 Å². The molecule has 1 fully saturated rings. The van der Waals surface area contributed by atoms with Crippen LogP contribution in [0.1, 0.15) is 28.8 Å². The SMILES string of the molecule is Cc1ccc(N=C2SC(CC(=O)Nc3cccc(C(F)(F)F)c3)C(=O)N2Cc2ccccn2)c(C)c1. The number of hydrogen-bond acceptors (Lipinski definition) is 5. The monoisotopic (exact) mass is 512 g/mol. The molecule has 1 N–H and O–H groups in total. The van der Waals surface area contributed by atoms with Gasteiger partial charge in [0.2, 0.25) is 11.8 Å². The van der Waals surface area contributed by atoms with E-state index in [2.05, 4.69) is 10.3 Å². The van der Waals surface area contributed by atoms with Gasteiger partial charge in [-0.25, -0.2) is 4.99 Å². The lowest BCUT2D eigenvalue weighted by molar-refractivity contribution is -0.137. The highest BCUT2D eigenvalue weighted by Gasteiger charge is 2.39. The van der Waals surface area contributed by atoms with Crippen LogP contribution in [-0.4, -0.2) is 32.1 Å². The fraction of sp³-hybridized carbons (Fsp3) is 0.231. The van der Waals surface area contributed by atoms with Crippen molar-refractivity contribution >= 4 is 40.1 Å². The number of hydrogen-bond donors (Lipinski definition) is 1. The lowest BCUT2D eigenvalue weighted by Gasteiger charge is -2.16. The summed E-state index contributed by atoms with van der Waals surface area (Å²) in [7, 11) is 0. The molecule has 0 aliphatic carbocycles. The van der Waals surface area contributed by atoms with Crippen LogP contribution in [0, 0.1) is 13.8 Å². The first-order valence-electron chi connectivity index (χ1n) is 11.1. The van der Waals surface area contributed by atoms with Gasteiger partial charge in [0.1, 0.15) is 5.25 Å². The van der Waals surface area contributed by atoms with E-state index in [1.807, 2.05) is 38.1 Å². The van der Waals surface area contributed by atoms with Crippen molar-refractivity contribution < 1.29 is 22.8 Å². The van der Waals surface area contributed by atoms with Gasteiger partial charge in [-0.3, -0.25) is 19.5 Å². The van der Waals surface area contributed by atoms with Gasteiger partial charge in [-0.2, -0.15) is 13.2 Å². The zero-order valence-electron chi connectivity index (χ0n) is 19.5. The van der Waals surface area contributed by atoms with E-state index in [4.69, 9.17) is 4.99 Å². The summed E-state index contributed by atoms with van der Waals surface area (Å²) in [5.41, 5.74) is 2.54. The minimum absolute atomic E-state index is 0.0137. The van der Waals surface area contributed by atoms with Gasteiger partial charge in [0.05, 0.1) is 23.5 Å². The van der Waals surface area contributed by atoms with Gasteiger partial charge in [-0.05, 0) is 55.8 Å². The van der Waals surface area contributed by atoms with Crippen LogP contribution in [0.5, 0.6) is 0 Å². The van der Waals surface area contributed by atoms with Gasteiger partial charge in [-0.1, -0.05) is 41.6 Å². The molecular formula is C26H23F3N4O2S. The Hall–Kier alpha value is -3.66. The van der Waals surface area contributed by atoms with Crippen LogP contribution >= 0.6 is 11.8 Å². The maximum absolute atomic E-state index is 13.3. The number of halogens is 3. The lowest BCUT2D eigenvalue weighted by atomic mass is 10.1. The second-order valence-corrected chi connectivity index (χ2v) is 9.54. The van der Waals surface area contributed by atoms with Crippen LogP contribution in [0.4, 0.5) is 24.5 Å². The largest absolute Gasteiger partial charge is 0.416 e. The topological polar surface area (TPSA) is 74.7 Å².